The van der Waals surface area contributed by atoms with Gasteiger partial charge in [-0.3, -0.25) is 9.80 Å². The van der Waals surface area contributed by atoms with Crippen molar-refractivity contribution in [3.63, 3.8) is 0 Å². The Morgan fingerprint density at radius 2 is 1.88 bits per heavy atom. The fourth-order valence-corrected chi connectivity index (χ4v) is 4.91. The summed E-state index contributed by atoms with van der Waals surface area (Å²) < 4.78 is 0. The molecule has 0 bridgehead atoms. The third-order valence-corrected chi connectivity index (χ3v) is 6.33. The summed E-state index contributed by atoms with van der Waals surface area (Å²) in [5.74, 6) is 0.187. The molecule has 2 aromatic rings. The van der Waals surface area contributed by atoms with Gasteiger partial charge >= 0.3 is 0 Å². The van der Waals surface area contributed by atoms with E-state index in [1.54, 1.807) is 30.3 Å². The molecule has 0 aromatic heterocycles. The maximum Gasteiger partial charge on any atom is 0.213 e. The highest BCUT2D eigenvalue weighted by atomic mass is 32.2. The van der Waals surface area contributed by atoms with Gasteiger partial charge in [-0.1, -0.05) is 11.1 Å². The van der Waals surface area contributed by atoms with Crippen LogP contribution >= 0.6 is 11.1 Å². The van der Waals surface area contributed by atoms with Crippen LogP contribution in [0.15, 0.2) is 47.4 Å². The van der Waals surface area contributed by atoms with Gasteiger partial charge in [-0.2, -0.15) is 10.1 Å². The Morgan fingerprint density at radius 1 is 1.21 bits per heavy atom. The molecular weight excluding hydrogens is 322 g/mol. The molecule has 1 unspecified atom stereocenters. The number of nitriles is 1. The minimum Gasteiger partial charge on any atom is -0.508 e. The topological polar surface area (TPSA) is 76.4 Å². The second-order valence-corrected chi connectivity index (χ2v) is 8.06. The SMILES string of the molecule is Cc1cc([SH]2NN(c3ccc(O)cc3)C(C)(C)C2=O)ccc1C#N. The third-order valence-electron chi connectivity index (χ3n) is 4.18. The predicted octanol–water partition coefficient (Wildman–Crippen LogP) is 3.18. The van der Waals surface area contributed by atoms with Crippen molar-refractivity contribution in [1.29, 1.82) is 5.26 Å². The highest BCUT2D eigenvalue weighted by Crippen LogP contribution is 2.47. The second kappa shape index (κ2) is 5.86. The van der Waals surface area contributed by atoms with Crippen LogP contribution in [0.4, 0.5) is 5.69 Å². The Hall–Kier alpha value is -2.49. The number of hydrogen-bond acceptors (Lipinski definition) is 5. The fraction of sp³-hybridized carbons (Fsp3) is 0.222. The minimum atomic E-state index is -1.23. The largest absolute Gasteiger partial charge is 0.508 e. The first kappa shape index (κ1) is 16.4. The van der Waals surface area contributed by atoms with E-state index in [-0.39, 0.29) is 10.9 Å². The number of phenolic OH excluding ortho intramolecular Hbond substituents is 1. The van der Waals surface area contributed by atoms with E-state index >= 15 is 0 Å². The molecule has 0 saturated carbocycles. The van der Waals surface area contributed by atoms with Crippen molar-refractivity contribution in [3.05, 3.63) is 53.6 Å². The summed E-state index contributed by atoms with van der Waals surface area (Å²) in [6, 6.07) is 14.4. The van der Waals surface area contributed by atoms with E-state index in [0.717, 1.165) is 16.1 Å². The zero-order valence-electron chi connectivity index (χ0n) is 13.7. The van der Waals surface area contributed by atoms with E-state index in [0.29, 0.717) is 5.56 Å². The molecule has 0 spiro atoms. The van der Waals surface area contributed by atoms with Gasteiger partial charge in [0.05, 0.1) is 17.3 Å². The molecule has 124 valence electrons. The Morgan fingerprint density at radius 3 is 2.46 bits per heavy atom. The number of benzene rings is 2. The monoisotopic (exact) mass is 341 g/mol. The first-order valence-electron chi connectivity index (χ1n) is 7.55. The zero-order chi connectivity index (χ0) is 17.5. The van der Waals surface area contributed by atoms with E-state index in [9.17, 15) is 9.90 Å². The van der Waals surface area contributed by atoms with Crippen LogP contribution in [-0.2, 0) is 4.79 Å². The zero-order valence-corrected chi connectivity index (χ0v) is 14.6. The summed E-state index contributed by atoms with van der Waals surface area (Å²) in [4.78, 5) is 17.2. The van der Waals surface area contributed by atoms with Gasteiger partial charge in [-0.25, -0.2) is 0 Å². The molecule has 0 amide bonds. The van der Waals surface area contributed by atoms with Gasteiger partial charge in [0.15, 0.2) is 0 Å². The number of hydrogen-bond donors (Lipinski definition) is 3. The van der Waals surface area contributed by atoms with E-state index in [2.05, 4.69) is 10.9 Å². The van der Waals surface area contributed by atoms with Gasteiger partial charge in [0.1, 0.15) is 11.3 Å². The highest BCUT2D eigenvalue weighted by Gasteiger charge is 2.46. The molecule has 3 rings (SSSR count). The van der Waals surface area contributed by atoms with Gasteiger partial charge in [0.25, 0.3) is 0 Å². The minimum absolute atomic E-state index is 0.120. The van der Waals surface area contributed by atoms with Crippen molar-refractivity contribution in [2.24, 2.45) is 0 Å². The molecule has 2 N–H and O–H groups in total. The van der Waals surface area contributed by atoms with Crippen LogP contribution in [0.1, 0.15) is 25.0 Å². The van der Waals surface area contributed by atoms with Gasteiger partial charge < -0.3 is 5.11 Å². The summed E-state index contributed by atoms with van der Waals surface area (Å²) in [6.07, 6.45) is 0. The lowest BCUT2D eigenvalue weighted by atomic mass is 10.1. The van der Waals surface area contributed by atoms with E-state index < -0.39 is 16.6 Å². The fourth-order valence-electron chi connectivity index (χ4n) is 2.71. The van der Waals surface area contributed by atoms with E-state index in [1.165, 1.54) is 0 Å². The lowest BCUT2D eigenvalue weighted by Gasteiger charge is -2.30. The van der Waals surface area contributed by atoms with Crippen molar-refractivity contribution < 1.29 is 9.90 Å². The first-order chi connectivity index (χ1) is 11.3. The van der Waals surface area contributed by atoms with Crippen molar-refractivity contribution in [1.82, 2.24) is 4.83 Å². The summed E-state index contributed by atoms with van der Waals surface area (Å²) in [7, 11) is 0. The molecule has 5 nitrogen and oxygen atoms in total. The molecule has 24 heavy (non-hydrogen) atoms. The number of carbonyl (C=O) groups excluding carboxylic acids is 1. The van der Waals surface area contributed by atoms with Crippen LogP contribution < -0.4 is 9.84 Å². The lowest BCUT2D eigenvalue weighted by molar-refractivity contribution is -0.114. The molecule has 1 aliphatic heterocycles. The lowest BCUT2D eigenvalue weighted by Crippen LogP contribution is -2.46. The van der Waals surface area contributed by atoms with Crippen LogP contribution in [0.3, 0.4) is 0 Å². The molecule has 1 atom stereocenters. The molecular formula is C18H19N3O2S. The first-order valence-corrected chi connectivity index (χ1v) is 8.89. The smallest absolute Gasteiger partial charge is 0.213 e. The van der Waals surface area contributed by atoms with Gasteiger partial charge in [-0.15, -0.1) is 0 Å². The normalized spacial score (nSPS) is 20.8. The average Bonchev–Trinajstić information content (AvgIpc) is 2.79. The van der Waals surface area contributed by atoms with Crippen LogP contribution in [0.25, 0.3) is 0 Å². The Balaban J connectivity index is 1.97. The van der Waals surface area contributed by atoms with Gasteiger partial charge in [0, 0.05) is 4.90 Å². The molecule has 1 saturated heterocycles. The van der Waals surface area contributed by atoms with E-state index in [4.69, 9.17) is 5.26 Å². The predicted molar refractivity (Wildman–Crippen MR) is 96.0 cm³/mol. The average molecular weight is 341 g/mol. The molecule has 1 heterocycles. The number of nitrogens with zero attached hydrogens (tertiary/aromatic N) is 2. The summed E-state index contributed by atoms with van der Waals surface area (Å²) in [5.41, 5.74) is 1.61. The Kier molecular flexibility index (Phi) is 3.99. The summed E-state index contributed by atoms with van der Waals surface area (Å²) >= 11 is -1.23. The van der Waals surface area contributed by atoms with Crippen LogP contribution in [-0.4, -0.2) is 15.8 Å². The number of aryl methyl sites for hydroxylation is 1. The Bertz CT molecular complexity index is 840. The molecule has 1 aliphatic rings. The van der Waals surface area contributed by atoms with Crippen molar-refractivity contribution in [2.45, 2.75) is 31.2 Å². The maximum absolute atomic E-state index is 13.0. The number of phenols is 1. The highest BCUT2D eigenvalue weighted by molar-refractivity contribution is 8.28. The molecule has 6 heteroatoms. The number of anilines is 1. The number of rotatable bonds is 2. The molecule has 0 radical (unpaired) electrons. The second-order valence-electron chi connectivity index (χ2n) is 6.26. The number of aromatic hydroxyl groups is 1. The number of hydrazine groups is 1. The standard InChI is InChI=1S/C18H19N3O2S/c1-12-10-16(9-4-13(12)11-19)24-17(23)18(2,3)21(20-24)14-5-7-15(22)8-6-14/h4-10,20,22,24H,1-3H3. The molecule has 2 aromatic carbocycles. The third kappa shape index (κ3) is 2.62. The Labute approximate surface area is 144 Å². The van der Waals surface area contributed by atoms with Crippen molar-refractivity contribution in [3.8, 4) is 11.8 Å². The molecule has 0 aliphatic carbocycles. The van der Waals surface area contributed by atoms with Crippen LogP contribution in [0.2, 0.25) is 0 Å². The number of thiol groups is 1. The number of carbonyl (C=O) groups is 1. The van der Waals surface area contributed by atoms with Gasteiger partial charge in [-0.05, 0) is 68.8 Å². The summed E-state index contributed by atoms with van der Waals surface area (Å²) in [5, 5.41) is 20.5. The van der Waals surface area contributed by atoms with Crippen molar-refractivity contribution in [2.75, 3.05) is 5.01 Å². The van der Waals surface area contributed by atoms with Crippen LogP contribution in [0.5, 0.6) is 5.75 Å². The number of nitrogens with one attached hydrogen (secondary N) is 1. The van der Waals surface area contributed by atoms with E-state index in [1.807, 2.05) is 37.9 Å². The maximum atomic E-state index is 13.0. The quantitative estimate of drug-likeness (QED) is 0.732. The van der Waals surface area contributed by atoms with Gasteiger partial charge in [0.2, 0.25) is 5.12 Å². The van der Waals surface area contributed by atoms with Crippen molar-refractivity contribution >= 4 is 21.9 Å². The summed E-state index contributed by atoms with van der Waals surface area (Å²) in [6.45, 7) is 5.64. The molecule has 1 fully saturated rings. The van der Waals surface area contributed by atoms with Crippen LogP contribution in [0, 0.1) is 18.3 Å².